The molecule has 1 N–H and O–H groups in total. The molecular formula is C11H12N6O. The van der Waals surface area contributed by atoms with Gasteiger partial charge in [0, 0.05) is 13.1 Å². The van der Waals surface area contributed by atoms with Gasteiger partial charge in [0.15, 0.2) is 0 Å². The molecule has 0 bridgehead atoms. The van der Waals surface area contributed by atoms with Crippen LogP contribution in [0.3, 0.4) is 0 Å². The third kappa shape index (κ3) is 1.40. The lowest BCUT2D eigenvalue weighted by molar-refractivity contribution is -0.127. The summed E-state index contributed by atoms with van der Waals surface area (Å²) in [7, 11) is 0. The largest absolute Gasteiger partial charge is 0.380 e. The third-order valence-electron chi connectivity index (χ3n) is 3.49. The maximum Gasteiger partial charge on any atom is 0.147 e. The van der Waals surface area contributed by atoms with Crippen LogP contribution in [0.5, 0.6) is 0 Å². The monoisotopic (exact) mass is 244 g/mol. The van der Waals surface area contributed by atoms with Crippen molar-refractivity contribution in [3.63, 3.8) is 0 Å². The summed E-state index contributed by atoms with van der Waals surface area (Å²) in [5.41, 5.74) is 1.84. The standard InChI is InChI=1S/C11H12N6O/c1-8(9-2-13-16-15-9)14-10(3-12-1)17-4-11(5-17)6-18-7-11/h1-3H,4-7H2,(H,13,15,16). The van der Waals surface area contributed by atoms with Gasteiger partial charge in [-0.3, -0.25) is 4.98 Å². The van der Waals surface area contributed by atoms with E-state index in [4.69, 9.17) is 4.74 Å². The van der Waals surface area contributed by atoms with Gasteiger partial charge in [0.25, 0.3) is 0 Å². The zero-order valence-corrected chi connectivity index (χ0v) is 9.70. The molecule has 2 fully saturated rings. The molecule has 92 valence electrons. The normalized spacial score (nSPS) is 20.6. The van der Waals surface area contributed by atoms with Crippen LogP contribution in [-0.2, 0) is 4.74 Å². The van der Waals surface area contributed by atoms with E-state index in [0.29, 0.717) is 11.1 Å². The van der Waals surface area contributed by atoms with Gasteiger partial charge in [-0.1, -0.05) is 0 Å². The Morgan fingerprint density at radius 1 is 1.17 bits per heavy atom. The lowest BCUT2D eigenvalue weighted by Crippen LogP contribution is -2.66. The van der Waals surface area contributed by atoms with Crippen LogP contribution in [0.1, 0.15) is 0 Å². The van der Waals surface area contributed by atoms with Crippen LogP contribution in [0.15, 0.2) is 18.6 Å². The molecule has 4 heterocycles. The summed E-state index contributed by atoms with van der Waals surface area (Å²) in [6.07, 6.45) is 5.13. The first-order valence-electron chi connectivity index (χ1n) is 5.86. The molecule has 2 aliphatic rings. The van der Waals surface area contributed by atoms with Crippen molar-refractivity contribution in [2.45, 2.75) is 0 Å². The van der Waals surface area contributed by atoms with E-state index in [1.165, 1.54) is 0 Å². The van der Waals surface area contributed by atoms with Crippen molar-refractivity contribution in [2.24, 2.45) is 5.41 Å². The summed E-state index contributed by atoms with van der Waals surface area (Å²) in [6, 6.07) is 0. The Labute approximate surface area is 103 Å². The SMILES string of the molecule is c1n[nH]nc1-c1cncc(N2CC3(COC3)C2)n1. The Morgan fingerprint density at radius 2 is 2.06 bits per heavy atom. The Balaban J connectivity index is 1.57. The van der Waals surface area contributed by atoms with Crippen molar-refractivity contribution in [2.75, 3.05) is 31.2 Å². The Morgan fingerprint density at radius 3 is 2.72 bits per heavy atom. The average Bonchev–Trinajstić information content (AvgIpc) is 2.79. The number of ether oxygens (including phenoxy) is 1. The zero-order chi connectivity index (χ0) is 12.0. The quantitative estimate of drug-likeness (QED) is 0.807. The average molecular weight is 244 g/mol. The number of aromatic nitrogens is 5. The van der Waals surface area contributed by atoms with Gasteiger partial charge in [-0.25, -0.2) is 4.98 Å². The van der Waals surface area contributed by atoms with Crippen LogP contribution >= 0.6 is 0 Å². The van der Waals surface area contributed by atoms with Crippen molar-refractivity contribution < 1.29 is 4.74 Å². The summed E-state index contributed by atoms with van der Waals surface area (Å²) in [5.74, 6) is 0.896. The van der Waals surface area contributed by atoms with Crippen molar-refractivity contribution in [1.82, 2.24) is 25.4 Å². The predicted molar refractivity (Wildman–Crippen MR) is 62.9 cm³/mol. The molecule has 0 atom stereocenters. The first-order valence-corrected chi connectivity index (χ1v) is 5.86. The van der Waals surface area contributed by atoms with Gasteiger partial charge < -0.3 is 9.64 Å². The lowest BCUT2D eigenvalue weighted by Gasteiger charge is -2.55. The molecule has 2 aromatic rings. The Kier molecular flexibility index (Phi) is 1.93. The predicted octanol–water partition coefficient (Wildman–Crippen LogP) is 0.0983. The third-order valence-corrected chi connectivity index (χ3v) is 3.49. The summed E-state index contributed by atoms with van der Waals surface area (Å²) >= 11 is 0. The number of nitrogens with one attached hydrogen (secondary N) is 1. The molecule has 18 heavy (non-hydrogen) atoms. The minimum absolute atomic E-state index is 0.381. The highest BCUT2D eigenvalue weighted by molar-refractivity contribution is 5.55. The smallest absolute Gasteiger partial charge is 0.147 e. The molecule has 0 saturated carbocycles. The summed E-state index contributed by atoms with van der Waals surface area (Å²) < 4.78 is 5.26. The molecule has 7 heteroatoms. The fourth-order valence-electron chi connectivity index (χ4n) is 2.46. The zero-order valence-electron chi connectivity index (χ0n) is 9.70. The topological polar surface area (TPSA) is 79.8 Å². The number of H-pyrrole nitrogens is 1. The van der Waals surface area contributed by atoms with Crippen molar-refractivity contribution in [3.05, 3.63) is 18.6 Å². The molecule has 0 aliphatic carbocycles. The van der Waals surface area contributed by atoms with Gasteiger partial charge in [0.05, 0.1) is 37.2 Å². The molecule has 0 aromatic carbocycles. The van der Waals surface area contributed by atoms with E-state index in [2.05, 4.69) is 30.3 Å². The first-order chi connectivity index (χ1) is 8.85. The highest BCUT2D eigenvalue weighted by Crippen LogP contribution is 2.39. The van der Waals surface area contributed by atoms with Crippen molar-refractivity contribution in [1.29, 1.82) is 0 Å². The Hall–Kier alpha value is -2.02. The number of hydrogen-bond acceptors (Lipinski definition) is 6. The second kappa shape index (κ2) is 3.49. The summed E-state index contributed by atoms with van der Waals surface area (Å²) in [5, 5.41) is 10.4. The van der Waals surface area contributed by atoms with E-state index in [0.717, 1.165) is 37.8 Å². The highest BCUT2D eigenvalue weighted by Gasteiger charge is 2.49. The van der Waals surface area contributed by atoms with Crippen LogP contribution in [0.4, 0.5) is 5.82 Å². The second-order valence-electron chi connectivity index (χ2n) is 4.97. The molecule has 7 nitrogen and oxygen atoms in total. The minimum Gasteiger partial charge on any atom is -0.380 e. The van der Waals surface area contributed by atoms with Gasteiger partial charge in [-0.15, -0.1) is 0 Å². The van der Waals surface area contributed by atoms with Crippen molar-refractivity contribution >= 4 is 5.82 Å². The van der Waals surface area contributed by atoms with Gasteiger partial charge in [0.2, 0.25) is 0 Å². The molecule has 0 unspecified atom stereocenters. The fourth-order valence-corrected chi connectivity index (χ4v) is 2.46. The summed E-state index contributed by atoms with van der Waals surface area (Å²) in [4.78, 5) is 11.0. The number of aromatic amines is 1. The summed E-state index contributed by atoms with van der Waals surface area (Å²) in [6.45, 7) is 3.76. The van der Waals surface area contributed by atoms with Crippen LogP contribution < -0.4 is 4.90 Å². The molecule has 2 saturated heterocycles. The van der Waals surface area contributed by atoms with Crippen LogP contribution in [-0.4, -0.2) is 51.7 Å². The van der Waals surface area contributed by atoms with E-state index in [1.807, 2.05) is 0 Å². The molecule has 2 aliphatic heterocycles. The minimum atomic E-state index is 0.381. The number of anilines is 1. The number of rotatable bonds is 2. The van der Waals surface area contributed by atoms with E-state index < -0.39 is 0 Å². The molecular weight excluding hydrogens is 232 g/mol. The molecule has 2 aromatic heterocycles. The van der Waals surface area contributed by atoms with Crippen LogP contribution in [0, 0.1) is 5.41 Å². The van der Waals surface area contributed by atoms with E-state index in [1.54, 1.807) is 18.6 Å². The fraction of sp³-hybridized carbons (Fsp3) is 0.455. The van der Waals surface area contributed by atoms with Gasteiger partial charge >= 0.3 is 0 Å². The van der Waals surface area contributed by atoms with E-state index in [9.17, 15) is 0 Å². The van der Waals surface area contributed by atoms with Gasteiger partial charge in [-0.2, -0.15) is 15.4 Å². The Bertz CT molecular complexity index is 557. The van der Waals surface area contributed by atoms with Gasteiger partial charge in [0.1, 0.15) is 17.2 Å². The molecule has 1 spiro atoms. The lowest BCUT2D eigenvalue weighted by atomic mass is 9.78. The second-order valence-corrected chi connectivity index (χ2v) is 4.97. The van der Waals surface area contributed by atoms with Crippen LogP contribution in [0.2, 0.25) is 0 Å². The molecule has 0 radical (unpaired) electrons. The van der Waals surface area contributed by atoms with Crippen LogP contribution in [0.25, 0.3) is 11.4 Å². The van der Waals surface area contributed by atoms with E-state index >= 15 is 0 Å². The van der Waals surface area contributed by atoms with Gasteiger partial charge in [-0.05, 0) is 0 Å². The number of hydrogen-bond donors (Lipinski definition) is 1. The molecule has 0 amide bonds. The van der Waals surface area contributed by atoms with Crippen molar-refractivity contribution in [3.8, 4) is 11.4 Å². The number of nitrogens with zero attached hydrogens (tertiary/aromatic N) is 5. The molecule has 4 rings (SSSR count). The maximum absolute atomic E-state index is 5.26. The highest BCUT2D eigenvalue weighted by atomic mass is 16.5. The maximum atomic E-state index is 5.26. The van der Waals surface area contributed by atoms with E-state index in [-0.39, 0.29) is 0 Å². The first kappa shape index (κ1) is 9.95.